The summed E-state index contributed by atoms with van der Waals surface area (Å²) in [4.78, 5) is 38.1. The van der Waals surface area contributed by atoms with Crippen molar-refractivity contribution < 1.29 is 37.3 Å². The van der Waals surface area contributed by atoms with Gasteiger partial charge in [0.05, 0.1) is 13.0 Å². The van der Waals surface area contributed by atoms with E-state index in [-0.39, 0.29) is 6.42 Å². The number of H-pyrrole nitrogens is 1. The van der Waals surface area contributed by atoms with Gasteiger partial charge in [-0.3, -0.25) is 0 Å². The lowest BCUT2D eigenvalue weighted by Crippen LogP contribution is -2.28. The number of nitrogens with one attached hydrogen (secondary N) is 2. The minimum absolute atomic E-state index is 0.289. The van der Waals surface area contributed by atoms with E-state index in [9.17, 15) is 22.8 Å². The zero-order chi connectivity index (χ0) is 26.3. The number of nitrogens with zero attached hydrogens (tertiary/aromatic N) is 1. The average Bonchev–Trinajstić information content (AvgIpc) is 3.22. The minimum Gasteiger partial charge on any atom is -0.493 e. The van der Waals surface area contributed by atoms with E-state index in [2.05, 4.69) is 25.1 Å². The van der Waals surface area contributed by atoms with E-state index in [0.717, 1.165) is 28.7 Å². The first kappa shape index (κ1) is 26.8. The molecule has 1 atom stereocenters. The SMILES string of the molecule is CC(C)(C)C(CC(=O)OOC(=O)C(F)(F)F)c1c[nH]c2cc(OCCCNc3ccccn3)ccc12. The van der Waals surface area contributed by atoms with Crippen LogP contribution in [0.4, 0.5) is 19.0 Å². The second-order valence-corrected chi connectivity index (χ2v) is 9.24. The number of alkyl halides is 3. The number of carbonyl (C=O) groups excluding carboxylic acids is 2. The lowest BCUT2D eigenvalue weighted by atomic mass is 9.74. The number of rotatable bonds is 9. The Hall–Kier alpha value is -3.76. The molecule has 11 heteroatoms. The third-order valence-electron chi connectivity index (χ3n) is 5.48. The molecule has 2 N–H and O–H groups in total. The van der Waals surface area contributed by atoms with E-state index < -0.39 is 29.4 Å². The lowest BCUT2D eigenvalue weighted by Gasteiger charge is -2.29. The first-order chi connectivity index (χ1) is 16.9. The van der Waals surface area contributed by atoms with Crippen molar-refractivity contribution in [2.75, 3.05) is 18.5 Å². The number of hydrogen-bond acceptors (Lipinski definition) is 7. The number of carbonyl (C=O) groups is 2. The molecule has 1 unspecified atom stereocenters. The Morgan fingerprint density at radius 2 is 1.89 bits per heavy atom. The fourth-order valence-corrected chi connectivity index (χ4v) is 3.67. The molecule has 8 nitrogen and oxygen atoms in total. The zero-order valence-electron chi connectivity index (χ0n) is 20.1. The number of aromatic nitrogens is 2. The highest BCUT2D eigenvalue weighted by Gasteiger charge is 2.43. The van der Waals surface area contributed by atoms with Crippen LogP contribution in [0.5, 0.6) is 5.75 Å². The maximum Gasteiger partial charge on any atom is 0.495 e. The Kier molecular flexibility index (Phi) is 8.44. The predicted molar refractivity (Wildman–Crippen MR) is 126 cm³/mol. The van der Waals surface area contributed by atoms with E-state index in [1.165, 1.54) is 0 Å². The number of benzene rings is 1. The number of ether oxygens (including phenoxy) is 1. The van der Waals surface area contributed by atoms with Crippen molar-refractivity contribution in [2.24, 2.45) is 5.41 Å². The molecule has 36 heavy (non-hydrogen) atoms. The molecule has 0 aliphatic rings. The number of anilines is 1. The number of pyridine rings is 1. The molecule has 0 bridgehead atoms. The summed E-state index contributed by atoms with van der Waals surface area (Å²) in [5, 5.41) is 4.04. The Balaban J connectivity index is 1.61. The molecule has 0 aliphatic carbocycles. The molecule has 3 rings (SSSR count). The van der Waals surface area contributed by atoms with Gasteiger partial charge in [0.15, 0.2) is 0 Å². The molecular formula is C25H28F3N3O5. The molecule has 3 aromatic rings. The van der Waals surface area contributed by atoms with Crippen LogP contribution in [0.15, 0.2) is 48.8 Å². The highest BCUT2D eigenvalue weighted by Crippen LogP contribution is 2.41. The van der Waals surface area contributed by atoms with Crippen molar-refractivity contribution in [1.82, 2.24) is 9.97 Å². The summed E-state index contributed by atoms with van der Waals surface area (Å²) in [5.74, 6) is -2.64. The van der Waals surface area contributed by atoms with Crippen LogP contribution in [-0.2, 0) is 19.4 Å². The van der Waals surface area contributed by atoms with Gasteiger partial charge in [0.2, 0.25) is 0 Å². The molecule has 0 saturated carbocycles. The zero-order valence-corrected chi connectivity index (χ0v) is 20.1. The molecule has 0 fully saturated rings. The maximum atomic E-state index is 12.3. The van der Waals surface area contributed by atoms with Crippen molar-refractivity contribution in [3.63, 3.8) is 0 Å². The first-order valence-electron chi connectivity index (χ1n) is 11.3. The van der Waals surface area contributed by atoms with Gasteiger partial charge >= 0.3 is 18.1 Å². The summed E-state index contributed by atoms with van der Waals surface area (Å²) in [6.45, 7) is 6.87. The summed E-state index contributed by atoms with van der Waals surface area (Å²) in [5.41, 5.74) is 1.10. The third-order valence-corrected chi connectivity index (χ3v) is 5.48. The molecule has 0 saturated heterocycles. The monoisotopic (exact) mass is 507 g/mol. The Morgan fingerprint density at radius 3 is 2.56 bits per heavy atom. The Bertz CT molecular complexity index is 1170. The van der Waals surface area contributed by atoms with Gasteiger partial charge in [0.1, 0.15) is 11.6 Å². The van der Waals surface area contributed by atoms with Crippen LogP contribution in [0.2, 0.25) is 0 Å². The quantitative estimate of drug-likeness (QED) is 0.223. The summed E-state index contributed by atoms with van der Waals surface area (Å²) >= 11 is 0. The van der Waals surface area contributed by atoms with Crippen LogP contribution < -0.4 is 10.1 Å². The van der Waals surface area contributed by atoms with Gasteiger partial charge < -0.3 is 15.0 Å². The van der Waals surface area contributed by atoms with E-state index in [1.807, 2.05) is 57.2 Å². The highest BCUT2D eigenvalue weighted by atomic mass is 19.4. The molecule has 0 amide bonds. The average molecular weight is 508 g/mol. The normalized spacial score (nSPS) is 12.7. The second-order valence-electron chi connectivity index (χ2n) is 9.24. The van der Waals surface area contributed by atoms with Crippen LogP contribution in [0.1, 0.15) is 45.1 Å². The van der Waals surface area contributed by atoms with Crippen molar-refractivity contribution in [1.29, 1.82) is 0 Å². The maximum absolute atomic E-state index is 12.3. The molecule has 2 aromatic heterocycles. The number of fused-ring (bicyclic) bond motifs is 1. The van der Waals surface area contributed by atoms with Crippen molar-refractivity contribution in [3.8, 4) is 5.75 Å². The van der Waals surface area contributed by atoms with Gasteiger partial charge in [0.25, 0.3) is 0 Å². The van der Waals surface area contributed by atoms with Crippen molar-refractivity contribution in [2.45, 2.75) is 45.7 Å². The van der Waals surface area contributed by atoms with Gasteiger partial charge in [-0.2, -0.15) is 13.2 Å². The fraction of sp³-hybridized carbons (Fsp3) is 0.400. The largest absolute Gasteiger partial charge is 0.495 e. The molecule has 1 aromatic carbocycles. The standard InChI is InChI=1S/C25H28F3N3O5/c1-24(2,3)19(14-22(32)35-36-23(33)25(26,27)28)18-15-31-20-13-16(8-9-17(18)20)34-12-6-11-30-21-7-4-5-10-29-21/h4-5,7-10,13,15,19,31H,6,11-12,14H2,1-3H3,(H,29,30). The molecule has 2 heterocycles. The van der Waals surface area contributed by atoms with E-state index in [0.29, 0.717) is 18.9 Å². The Morgan fingerprint density at radius 1 is 1.11 bits per heavy atom. The van der Waals surface area contributed by atoms with E-state index in [1.54, 1.807) is 12.4 Å². The van der Waals surface area contributed by atoms with Crippen LogP contribution in [0.25, 0.3) is 10.9 Å². The smallest absolute Gasteiger partial charge is 0.493 e. The van der Waals surface area contributed by atoms with Crippen molar-refractivity contribution in [3.05, 3.63) is 54.4 Å². The van der Waals surface area contributed by atoms with E-state index >= 15 is 0 Å². The molecular weight excluding hydrogens is 479 g/mol. The van der Waals surface area contributed by atoms with E-state index in [4.69, 9.17) is 4.74 Å². The molecule has 0 aliphatic heterocycles. The first-order valence-corrected chi connectivity index (χ1v) is 11.3. The highest BCUT2D eigenvalue weighted by molar-refractivity contribution is 5.86. The van der Waals surface area contributed by atoms with Gasteiger partial charge in [-0.25, -0.2) is 24.3 Å². The third kappa shape index (κ3) is 7.37. The molecule has 194 valence electrons. The topological polar surface area (TPSA) is 103 Å². The lowest BCUT2D eigenvalue weighted by molar-refractivity contribution is -0.286. The summed E-state index contributed by atoms with van der Waals surface area (Å²) in [7, 11) is 0. The van der Waals surface area contributed by atoms with Gasteiger partial charge in [0, 0.05) is 41.8 Å². The Labute approximate surface area is 206 Å². The second kappa shape index (κ2) is 11.3. The number of hydrogen-bond donors (Lipinski definition) is 2. The van der Waals surface area contributed by atoms with Crippen molar-refractivity contribution >= 4 is 28.7 Å². The number of aromatic amines is 1. The molecule has 0 spiro atoms. The van der Waals surface area contributed by atoms with Gasteiger partial charge in [-0.15, -0.1) is 0 Å². The summed E-state index contributed by atoms with van der Waals surface area (Å²) in [6.07, 6.45) is -1.32. The molecule has 0 radical (unpaired) electrons. The van der Waals surface area contributed by atoms with Crippen LogP contribution in [-0.4, -0.2) is 41.2 Å². The van der Waals surface area contributed by atoms with Crippen LogP contribution in [0.3, 0.4) is 0 Å². The van der Waals surface area contributed by atoms with Crippen LogP contribution >= 0.6 is 0 Å². The predicted octanol–water partition coefficient (Wildman–Crippen LogP) is 5.53. The van der Waals surface area contributed by atoms with Gasteiger partial charge in [-0.05, 0) is 41.7 Å². The summed E-state index contributed by atoms with van der Waals surface area (Å²) < 4.78 is 42.7. The minimum atomic E-state index is -5.25. The van der Waals surface area contributed by atoms with Crippen LogP contribution in [0, 0.1) is 5.41 Å². The van der Waals surface area contributed by atoms with Gasteiger partial charge in [-0.1, -0.05) is 26.8 Å². The summed E-state index contributed by atoms with van der Waals surface area (Å²) in [6, 6.07) is 11.2. The fourth-order valence-electron chi connectivity index (χ4n) is 3.67. The number of halogens is 3.